The molecule has 144 valence electrons. The lowest BCUT2D eigenvalue weighted by molar-refractivity contribution is -0.114. The van der Waals surface area contributed by atoms with E-state index in [9.17, 15) is 18.0 Å². The van der Waals surface area contributed by atoms with E-state index in [2.05, 4.69) is 16.0 Å². The Labute approximate surface area is 152 Å². The molecule has 26 heavy (non-hydrogen) atoms. The first kappa shape index (κ1) is 20.1. The molecule has 9 nitrogen and oxygen atoms in total. The Morgan fingerprint density at radius 2 is 1.81 bits per heavy atom. The second-order valence-electron chi connectivity index (χ2n) is 6.01. The van der Waals surface area contributed by atoms with Crippen LogP contribution in [0.25, 0.3) is 0 Å². The number of piperidine rings is 1. The first-order chi connectivity index (χ1) is 12.3. The summed E-state index contributed by atoms with van der Waals surface area (Å²) < 4.78 is 26.8. The zero-order valence-corrected chi connectivity index (χ0v) is 15.4. The van der Waals surface area contributed by atoms with Crippen LogP contribution in [-0.4, -0.2) is 62.1 Å². The number of anilines is 1. The van der Waals surface area contributed by atoms with Crippen molar-refractivity contribution in [3.63, 3.8) is 0 Å². The molecule has 1 aromatic carbocycles. The van der Waals surface area contributed by atoms with E-state index in [0.29, 0.717) is 31.6 Å². The van der Waals surface area contributed by atoms with Crippen molar-refractivity contribution in [2.24, 2.45) is 0 Å². The number of aliphatic hydroxyl groups is 1. The van der Waals surface area contributed by atoms with Gasteiger partial charge in [-0.25, -0.2) is 13.2 Å². The molecule has 2 rings (SSSR count). The molecule has 1 heterocycles. The second kappa shape index (κ2) is 8.97. The SMILES string of the molecule is CC(=O)Nc1ccc(S(=O)(=O)N2CCC(NC(=O)NCCO)CC2)cc1. The lowest BCUT2D eigenvalue weighted by Gasteiger charge is -2.31. The summed E-state index contributed by atoms with van der Waals surface area (Å²) in [6.07, 6.45) is 1.02. The largest absolute Gasteiger partial charge is 0.395 e. The van der Waals surface area contributed by atoms with Gasteiger partial charge in [0.25, 0.3) is 0 Å². The van der Waals surface area contributed by atoms with E-state index in [1.54, 1.807) is 12.1 Å². The highest BCUT2D eigenvalue weighted by atomic mass is 32.2. The summed E-state index contributed by atoms with van der Waals surface area (Å²) in [5, 5.41) is 16.5. The number of hydrogen-bond acceptors (Lipinski definition) is 5. The molecule has 10 heteroatoms. The zero-order chi connectivity index (χ0) is 19.2. The van der Waals surface area contributed by atoms with Crippen molar-refractivity contribution in [3.05, 3.63) is 24.3 Å². The summed E-state index contributed by atoms with van der Waals surface area (Å²) in [5.74, 6) is -0.224. The molecule has 0 aromatic heterocycles. The minimum absolute atomic E-state index is 0.109. The van der Waals surface area contributed by atoms with Gasteiger partial charge in [0, 0.05) is 38.3 Å². The van der Waals surface area contributed by atoms with Crippen LogP contribution in [0.3, 0.4) is 0 Å². The molecule has 4 N–H and O–H groups in total. The number of hydrogen-bond donors (Lipinski definition) is 4. The lowest BCUT2D eigenvalue weighted by Crippen LogP contribution is -2.49. The van der Waals surface area contributed by atoms with Crippen LogP contribution in [0, 0.1) is 0 Å². The van der Waals surface area contributed by atoms with E-state index in [1.165, 1.54) is 23.4 Å². The third kappa shape index (κ3) is 5.41. The number of sulfonamides is 1. The van der Waals surface area contributed by atoms with Crippen LogP contribution in [0.15, 0.2) is 29.2 Å². The molecule has 1 aromatic rings. The normalized spacial score (nSPS) is 16.1. The van der Waals surface area contributed by atoms with Crippen molar-refractivity contribution in [2.45, 2.75) is 30.7 Å². The number of aliphatic hydroxyl groups excluding tert-OH is 1. The molecule has 0 bridgehead atoms. The number of nitrogens with zero attached hydrogens (tertiary/aromatic N) is 1. The average Bonchev–Trinajstić information content (AvgIpc) is 2.60. The Morgan fingerprint density at radius 3 is 2.35 bits per heavy atom. The number of carbonyl (C=O) groups is 2. The van der Waals surface area contributed by atoms with E-state index in [4.69, 9.17) is 5.11 Å². The van der Waals surface area contributed by atoms with Gasteiger partial charge in [0.05, 0.1) is 11.5 Å². The molecular weight excluding hydrogens is 360 g/mol. The number of urea groups is 1. The van der Waals surface area contributed by atoms with Crippen LogP contribution in [0.2, 0.25) is 0 Å². The van der Waals surface area contributed by atoms with Gasteiger partial charge in [-0.1, -0.05) is 0 Å². The number of carbonyl (C=O) groups excluding carboxylic acids is 2. The van der Waals surface area contributed by atoms with Gasteiger partial charge in [-0.05, 0) is 37.1 Å². The van der Waals surface area contributed by atoms with Crippen LogP contribution in [-0.2, 0) is 14.8 Å². The second-order valence-corrected chi connectivity index (χ2v) is 7.95. The lowest BCUT2D eigenvalue weighted by atomic mass is 10.1. The highest BCUT2D eigenvalue weighted by Gasteiger charge is 2.29. The summed E-state index contributed by atoms with van der Waals surface area (Å²) in [7, 11) is -3.61. The van der Waals surface area contributed by atoms with E-state index in [1.807, 2.05) is 0 Å². The Balaban J connectivity index is 1.93. The molecule has 0 radical (unpaired) electrons. The Hall–Kier alpha value is -2.17. The van der Waals surface area contributed by atoms with E-state index >= 15 is 0 Å². The molecule has 3 amide bonds. The number of amides is 3. The van der Waals surface area contributed by atoms with Gasteiger partial charge in [0.1, 0.15) is 0 Å². The van der Waals surface area contributed by atoms with E-state index in [-0.39, 0.29) is 36.0 Å². The molecule has 1 aliphatic heterocycles. The predicted molar refractivity (Wildman–Crippen MR) is 96.1 cm³/mol. The van der Waals surface area contributed by atoms with Crippen LogP contribution in [0.1, 0.15) is 19.8 Å². The maximum atomic E-state index is 12.7. The van der Waals surface area contributed by atoms with Crippen LogP contribution >= 0.6 is 0 Å². The maximum Gasteiger partial charge on any atom is 0.315 e. The molecule has 1 saturated heterocycles. The molecule has 1 fully saturated rings. The zero-order valence-electron chi connectivity index (χ0n) is 14.6. The van der Waals surface area contributed by atoms with Gasteiger partial charge in [0.15, 0.2) is 0 Å². The van der Waals surface area contributed by atoms with Crippen molar-refractivity contribution < 1.29 is 23.1 Å². The highest BCUT2D eigenvalue weighted by molar-refractivity contribution is 7.89. The number of rotatable bonds is 6. The molecule has 0 unspecified atom stereocenters. The monoisotopic (exact) mass is 384 g/mol. The van der Waals surface area contributed by atoms with E-state index in [0.717, 1.165) is 0 Å². The van der Waals surface area contributed by atoms with Crippen molar-refractivity contribution >= 4 is 27.6 Å². The summed E-state index contributed by atoms with van der Waals surface area (Å²) >= 11 is 0. The third-order valence-electron chi connectivity index (χ3n) is 4.00. The molecule has 0 spiro atoms. The Kier molecular flexibility index (Phi) is 6.95. The van der Waals surface area contributed by atoms with Gasteiger partial charge < -0.3 is 21.1 Å². The summed E-state index contributed by atoms with van der Waals surface area (Å²) in [4.78, 5) is 22.8. The standard InChI is InChI=1S/C16H24N4O5S/c1-12(22)18-13-2-4-15(5-3-13)26(24,25)20-9-6-14(7-10-20)19-16(23)17-8-11-21/h2-5,14,21H,6-11H2,1H3,(H,18,22)(H2,17,19,23). The first-order valence-electron chi connectivity index (χ1n) is 8.36. The molecule has 0 aliphatic carbocycles. The fraction of sp³-hybridized carbons (Fsp3) is 0.500. The van der Waals surface area contributed by atoms with Crippen LogP contribution in [0.4, 0.5) is 10.5 Å². The molecular formula is C16H24N4O5S. The van der Waals surface area contributed by atoms with Crippen molar-refractivity contribution in [1.29, 1.82) is 0 Å². The molecule has 0 atom stereocenters. The highest BCUT2D eigenvalue weighted by Crippen LogP contribution is 2.22. The van der Waals surface area contributed by atoms with Gasteiger partial charge in [-0.15, -0.1) is 0 Å². The van der Waals surface area contributed by atoms with Gasteiger partial charge in [0.2, 0.25) is 15.9 Å². The van der Waals surface area contributed by atoms with Crippen molar-refractivity contribution in [3.8, 4) is 0 Å². The van der Waals surface area contributed by atoms with Crippen LogP contribution in [0.5, 0.6) is 0 Å². The van der Waals surface area contributed by atoms with Gasteiger partial charge >= 0.3 is 6.03 Å². The third-order valence-corrected chi connectivity index (χ3v) is 5.91. The Bertz CT molecular complexity index is 728. The van der Waals surface area contributed by atoms with E-state index < -0.39 is 10.0 Å². The van der Waals surface area contributed by atoms with Gasteiger partial charge in [-0.2, -0.15) is 4.31 Å². The average molecular weight is 384 g/mol. The summed E-state index contributed by atoms with van der Waals surface area (Å²) in [6, 6.07) is 5.55. The molecule has 0 saturated carbocycles. The van der Waals surface area contributed by atoms with Crippen molar-refractivity contribution in [2.75, 3.05) is 31.6 Å². The topological polar surface area (TPSA) is 128 Å². The Morgan fingerprint density at radius 1 is 1.19 bits per heavy atom. The minimum Gasteiger partial charge on any atom is -0.395 e. The fourth-order valence-corrected chi connectivity index (χ4v) is 4.18. The smallest absolute Gasteiger partial charge is 0.315 e. The quantitative estimate of drug-likeness (QED) is 0.553. The van der Waals surface area contributed by atoms with Crippen molar-refractivity contribution in [1.82, 2.24) is 14.9 Å². The minimum atomic E-state index is -3.61. The van der Waals surface area contributed by atoms with Crippen LogP contribution < -0.4 is 16.0 Å². The fourth-order valence-electron chi connectivity index (χ4n) is 2.71. The first-order valence-corrected chi connectivity index (χ1v) is 9.80. The predicted octanol–water partition coefficient (Wildman–Crippen LogP) is 0.0896. The number of benzene rings is 1. The summed E-state index contributed by atoms with van der Waals surface area (Å²) in [6.45, 7) is 2.03. The molecule has 1 aliphatic rings. The summed E-state index contributed by atoms with van der Waals surface area (Å²) in [5.41, 5.74) is 0.535. The number of nitrogens with one attached hydrogen (secondary N) is 3. The van der Waals surface area contributed by atoms with Gasteiger partial charge in [-0.3, -0.25) is 4.79 Å². The maximum absolute atomic E-state index is 12.7.